The molecule has 20 heavy (non-hydrogen) atoms. The van der Waals surface area contributed by atoms with Gasteiger partial charge >= 0.3 is 5.00 Å². The van der Waals surface area contributed by atoms with E-state index >= 15 is 0 Å². The summed E-state index contributed by atoms with van der Waals surface area (Å²) in [6.45, 7) is 3.81. The lowest BCUT2D eigenvalue weighted by Gasteiger charge is -2.11. The van der Waals surface area contributed by atoms with Gasteiger partial charge in [-0.15, -0.1) is 0 Å². The Bertz CT molecular complexity index is 554. The largest absolute Gasteiger partial charge is 0.324 e. The number of hydrogen-bond acceptors (Lipinski definition) is 4. The molecule has 2 rings (SSSR count). The zero-order chi connectivity index (χ0) is 14.4. The zero-order valence-corrected chi connectivity index (χ0v) is 12.2. The molecule has 4 nitrogen and oxygen atoms in total. The standard InChI is InChI=1S/C15H18N2O2S/c1-12(13-5-3-2-4-6-13)9-10-16-11-14-7-8-15(20-14)17(18)19/h2-8,12,16H,9-11H2,1H3. The third kappa shape index (κ3) is 4.15. The normalized spacial score (nSPS) is 12.2. The third-order valence-corrected chi connectivity index (χ3v) is 4.29. The maximum atomic E-state index is 10.6. The Balaban J connectivity index is 1.72. The van der Waals surface area contributed by atoms with E-state index in [4.69, 9.17) is 0 Å². The van der Waals surface area contributed by atoms with Crippen molar-refractivity contribution < 1.29 is 4.92 Å². The van der Waals surface area contributed by atoms with Gasteiger partial charge in [-0.1, -0.05) is 48.6 Å². The van der Waals surface area contributed by atoms with Gasteiger partial charge in [0.15, 0.2) is 0 Å². The molecule has 0 spiro atoms. The van der Waals surface area contributed by atoms with Crippen LogP contribution in [0, 0.1) is 10.1 Å². The predicted octanol–water partition coefficient (Wildman–Crippen LogP) is 3.94. The van der Waals surface area contributed by atoms with Crippen molar-refractivity contribution in [2.24, 2.45) is 0 Å². The summed E-state index contributed by atoms with van der Waals surface area (Å²) >= 11 is 1.23. The first-order valence-corrected chi connectivity index (χ1v) is 7.47. The van der Waals surface area contributed by atoms with Crippen LogP contribution >= 0.6 is 11.3 Å². The van der Waals surface area contributed by atoms with Crippen LogP contribution in [-0.2, 0) is 6.54 Å². The second-order valence-electron chi connectivity index (χ2n) is 4.77. The highest BCUT2D eigenvalue weighted by molar-refractivity contribution is 7.15. The van der Waals surface area contributed by atoms with Crippen LogP contribution in [-0.4, -0.2) is 11.5 Å². The average Bonchev–Trinajstić information content (AvgIpc) is 2.93. The lowest BCUT2D eigenvalue weighted by molar-refractivity contribution is -0.380. The molecule has 0 radical (unpaired) electrons. The highest BCUT2D eigenvalue weighted by atomic mass is 32.1. The van der Waals surface area contributed by atoms with Gasteiger partial charge in [-0.25, -0.2) is 0 Å². The van der Waals surface area contributed by atoms with Gasteiger partial charge in [0.1, 0.15) is 0 Å². The summed E-state index contributed by atoms with van der Waals surface area (Å²) in [5, 5.41) is 14.1. The van der Waals surface area contributed by atoms with Gasteiger partial charge in [-0.3, -0.25) is 10.1 Å². The molecular weight excluding hydrogens is 272 g/mol. The molecule has 1 unspecified atom stereocenters. The van der Waals surface area contributed by atoms with Gasteiger partial charge in [-0.2, -0.15) is 0 Å². The van der Waals surface area contributed by atoms with E-state index in [1.165, 1.54) is 16.9 Å². The molecule has 1 aromatic heterocycles. The Morgan fingerprint density at radius 3 is 2.65 bits per heavy atom. The number of rotatable bonds is 7. The number of nitrogens with zero attached hydrogens (tertiary/aromatic N) is 1. The number of benzene rings is 1. The first-order valence-electron chi connectivity index (χ1n) is 6.65. The zero-order valence-electron chi connectivity index (χ0n) is 11.4. The average molecular weight is 290 g/mol. The maximum absolute atomic E-state index is 10.6. The fourth-order valence-electron chi connectivity index (χ4n) is 2.04. The van der Waals surface area contributed by atoms with Crippen molar-refractivity contribution in [1.29, 1.82) is 0 Å². The Morgan fingerprint density at radius 1 is 1.25 bits per heavy atom. The fourth-order valence-corrected chi connectivity index (χ4v) is 2.83. The van der Waals surface area contributed by atoms with Crippen molar-refractivity contribution >= 4 is 16.3 Å². The van der Waals surface area contributed by atoms with Gasteiger partial charge in [0.2, 0.25) is 0 Å². The Hall–Kier alpha value is -1.72. The predicted molar refractivity (Wildman–Crippen MR) is 82.2 cm³/mol. The monoisotopic (exact) mass is 290 g/mol. The number of thiophene rings is 1. The smallest absolute Gasteiger partial charge is 0.312 e. The minimum Gasteiger partial charge on any atom is -0.312 e. The first-order chi connectivity index (χ1) is 9.66. The Kier molecular flexibility index (Phi) is 5.26. The summed E-state index contributed by atoms with van der Waals surface area (Å²) < 4.78 is 0. The molecule has 1 N–H and O–H groups in total. The van der Waals surface area contributed by atoms with Gasteiger partial charge in [0.05, 0.1) is 4.92 Å². The Labute approximate surface area is 122 Å². The summed E-state index contributed by atoms with van der Waals surface area (Å²) in [4.78, 5) is 11.2. The van der Waals surface area contributed by atoms with Crippen LogP contribution in [0.1, 0.15) is 29.7 Å². The topological polar surface area (TPSA) is 55.2 Å². The molecule has 0 aliphatic rings. The minimum absolute atomic E-state index is 0.208. The summed E-state index contributed by atoms with van der Waals surface area (Å²) in [6.07, 6.45) is 1.05. The van der Waals surface area contributed by atoms with Crippen LogP contribution in [0.3, 0.4) is 0 Å². The fraction of sp³-hybridized carbons (Fsp3) is 0.333. The maximum Gasteiger partial charge on any atom is 0.324 e. The molecule has 1 heterocycles. The van der Waals surface area contributed by atoms with E-state index in [1.54, 1.807) is 6.07 Å². The van der Waals surface area contributed by atoms with E-state index in [0.29, 0.717) is 12.5 Å². The van der Waals surface area contributed by atoms with E-state index in [1.807, 2.05) is 12.1 Å². The van der Waals surface area contributed by atoms with Crippen molar-refractivity contribution in [1.82, 2.24) is 5.32 Å². The van der Waals surface area contributed by atoms with E-state index in [2.05, 4.69) is 36.5 Å². The summed E-state index contributed by atoms with van der Waals surface area (Å²) in [5.41, 5.74) is 1.35. The molecule has 0 saturated carbocycles. The van der Waals surface area contributed by atoms with Crippen molar-refractivity contribution in [3.8, 4) is 0 Å². The molecule has 0 aliphatic heterocycles. The van der Waals surface area contributed by atoms with Crippen LogP contribution in [0.25, 0.3) is 0 Å². The van der Waals surface area contributed by atoms with Gasteiger partial charge in [0.25, 0.3) is 0 Å². The number of nitrogens with one attached hydrogen (secondary N) is 1. The van der Waals surface area contributed by atoms with Crippen LogP contribution in [0.2, 0.25) is 0 Å². The second-order valence-corrected chi connectivity index (χ2v) is 5.92. The highest BCUT2D eigenvalue weighted by Crippen LogP contribution is 2.23. The summed E-state index contributed by atoms with van der Waals surface area (Å²) in [5.74, 6) is 0.515. The molecule has 0 bridgehead atoms. The molecule has 1 aromatic carbocycles. The molecule has 5 heteroatoms. The van der Waals surface area contributed by atoms with Crippen molar-refractivity contribution in [2.75, 3.05) is 6.54 Å². The SMILES string of the molecule is CC(CCNCc1ccc([N+](=O)[O-])s1)c1ccccc1. The van der Waals surface area contributed by atoms with Crippen molar-refractivity contribution in [3.05, 3.63) is 63.0 Å². The van der Waals surface area contributed by atoms with Gasteiger partial charge in [-0.05, 0) is 30.5 Å². The molecule has 0 fully saturated rings. The molecule has 106 valence electrons. The summed E-state index contributed by atoms with van der Waals surface area (Å²) in [7, 11) is 0. The van der Waals surface area contributed by atoms with Gasteiger partial charge in [0, 0.05) is 17.5 Å². The minimum atomic E-state index is -0.342. The van der Waals surface area contributed by atoms with E-state index < -0.39 is 0 Å². The molecule has 0 saturated heterocycles. The van der Waals surface area contributed by atoms with E-state index in [0.717, 1.165) is 17.8 Å². The van der Waals surface area contributed by atoms with E-state index in [9.17, 15) is 10.1 Å². The lowest BCUT2D eigenvalue weighted by Crippen LogP contribution is -2.15. The number of hydrogen-bond donors (Lipinski definition) is 1. The third-order valence-electron chi connectivity index (χ3n) is 3.25. The summed E-state index contributed by atoms with van der Waals surface area (Å²) in [6, 6.07) is 13.8. The second kappa shape index (κ2) is 7.17. The van der Waals surface area contributed by atoms with Crippen molar-refractivity contribution in [2.45, 2.75) is 25.8 Å². The molecule has 0 amide bonds. The first kappa shape index (κ1) is 14.7. The van der Waals surface area contributed by atoms with Crippen LogP contribution in [0.5, 0.6) is 0 Å². The van der Waals surface area contributed by atoms with Crippen LogP contribution in [0.4, 0.5) is 5.00 Å². The van der Waals surface area contributed by atoms with Crippen molar-refractivity contribution in [3.63, 3.8) is 0 Å². The number of nitro groups is 1. The molecular formula is C15H18N2O2S. The highest BCUT2D eigenvalue weighted by Gasteiger charge is 2.09. The van der Waals surface area contributed by atoms with Crippen LogP contribution < -0.4 is 5.32 Å². The lowest BCUT2D eigenvalue weighted by atomic mass is 9.98. The molecule has 1 atom stereocenters. The van der Waals surface area contributed by atoms with Crippen LogP contribution in [0.15, 0.2) is 42.5 Å². The molecule has 0 aliphatic carbocycles. The van der Waals surface area contributed by atoms with Gasteiger partial charge < -0.3 is 5.32 Å². The Morgan fingerprint density at radius 2 is 2.00 bits per heavy atom. The quantitative estimate of drug-likeness (QED) is 0.477. The van der Waals surface area contributed by atoms with E-state index in [-0.39, 0.29) is 9.92 Å². The molecule has 2 aromatic rings.